The molecule has 0 fully saturated rings. The molecule has 2 aromatic carbocycles. The Bertz CT molecular complexity index is 1620. The van der Waals surface area contributed by atoms with E-state index in [0.717, 1.165) is 32.9 Å². The summed E-state index contributed by atoms with van der Waals surface area (Å²) in [5.74, 6) is -3.51. The van der Waals surface area contributed by atoms with Crippen molar-refractivity contribution in [2.45, 2.75) is 71.1 Å². The third kappa shape index (κ3) is 7.46. The van der Waals surface area contributed by atoms with Crippen LogP contribution in [0.3, 0.4) is 0 Å². The summed E-state index contributed by atoms with van der Waals surface area (Å²) < 4.78 is 0. The molecule has 4 aromatic rings. The van der Waals surface area contributed by atoms with Crippen molar-refractivity contribution in [2.75, 3.05) is 0 Å². The second-order valence-corrected chi connectivity index (χ2v) is 11.7. The standard InChI is InChI=1S/C33H42N6O5/c1-5-19(4)29(33(43)44)39-32(42)28(18(2)3)38-31(41)27(15-21-17-36-26-13-9-7-11-23(21)26)37-30(40)24(34)14-20-16-35-25-12-8-6-10-22(20)25/h6-13,16-19,24,27-29,35-36H,5,14-15,34H2,1-4H3,(H,37,40)(H,38,41)(H,39,42)(H,43,44). The van der Waals surface area contributed by atoms with Crippen LogP contribution < -0.4 is 21.7 Å². The fourth-order valence-corrected chi connectivity index (χ4v) is 5.35. The molecule has 0 saturated heterocycles. The number of H-pyrrole nitrogens is 2. The van der Waals surface area contributed by atoms with Crippen LogP contribution >= 0.6 is 0 Å². The lowest BCUT2D eigenvalue weighted by Gasteiger charge is -2.28. The van der Waals surface area contributed by atoms with Gasteiger partial charge in [0.2, 0.25) is 17.7 Å². The Labute approximate surface area is 256 Å². The molecule has 5 atom stereocenters. The van der Waals surface area contributed by atoms with E-state index in [1.807, 2.05) is 61.7 Å². The Morgan fingerprint density at radius 1 is 0.750 bits per heavy atom. The number of benzene rings is 2. The van der Waals surface area contributed by atoms with Gasteiger partial charge in [-0.15, -0.1) is 0 Å². The van der Waals surface area contributed by atoms with E-state index in [1.54, 1.807) is 27.0 Å². The highest BCUT2D eigenvalue weighted by Gasteiger charge is 2.33. The molecule has 2 aromatic heterocycles. The highest BCUT2D eigenvalue weighted by atomic mass is 16.4. The number of amides is 3. The highest BCUT2D eigenvalue weighted by molar-refractivity contribution is 5.95. The zero-order chi connectivity index (χ0) is 32.0. The predicted molar refractivity (Wildman–Crippen MR) is 170 cm³/mol. The molecule has 0 aliphatic rings. The first kappa shape index (κ1) is 32.3. The summed E-state index contributed by atoms with van der Waals surface area (Å²) in [5.41, 5.74) is 9.85. The molecule has 44 heavy (non-hydrogen) atoms. The second-order valence-electron chi connectivity index (χ2n) is 11.7. The van der Waals surface area contributed by atoms with Crippen molar-refractivity contribution in [3.8, 4) is 0 Å². The molecule has 3 amide bonds. The number of aliphatic carboxylic acids is 1. The Hall–Kier alpha value is -4.64. The molecule has 0 aliphatic carbocycles. The molecule has 5 unspecified atom stereocenters. The lowest BCUT2D eigenvalue weighted by atomic mass is 9.96. The zero-order valence-corrected chi connectivity index (χ0v) is 25.5. The molecule has 4 rings (SSSR count). The Morgan fingerprint density at radius 2 is 1.27 bits per heavy atom. The number of carbonyl (C=O) groups is 4. The number of aromatic nitrogens is 2. The average Bonchev–Trinajstić information content (AvgIpc) is 3.61. The Balaban J connectivity index is 1.55. The maximum atomic E-state index is 13.8. The zero-order valence-electron chi connectivity index (χ0n) is 25.5. The van der Waals surface area contributed by atoms with Crippen LogP contribution in [-0.4, -0.2) is 62.9 Å². The third-order valence-corrected chi connectivity index (χ3v) is 8.21. The van der Waals surface area contributed by atoms with E-state index in [-0.39, 0.29) is 24.7 Å². The minimum absolute atomic E-state index is 0.137. The van der Waals surface area contributed by atoms with Crippen LogP contribution in [0, 0.1) is 11.8 Å². The fraction of sp³-hybridized carbons (Fsp3) is 0.394. The van der Waals surface area contributed by atoms with Crippen molar-refractivity contribution < 1.29 is 24.3 Å². The van der Waals surface area contributed by atoms with Gasteiger partial charge in [0.1, 0.15) is 18.1 Å². The van der Waals surface area contributed by atoms with Gasteiger partial charge in [-0.1, -0.05) is 70.5 Å². The molecule has 0 radical (unpaired) electrons. The van der Waals surface area contributed by atoms with Crippen molar-refractivity contribution in [3.05, 3.63) is 72.1 Å². The second kappa shape index (κ2) is 14.2. The molecule has 0 bridgehead atoms. The van der Waals surface area contributed by atoms with Crippen LogP contribution in [0.2, 0.25) is 0 Å². The van der Waals surface area contributed by atoms with Crippen molar-refractivity contribution in [1.29, 1.82) is 0 Å². The largest absolute Gasteiger partial charge is 0.480 e. The molecule has 0 spiro atoms. The first-order valence-electron chi connectivity index (χ1n) is 15.0. The lowest BCUT2D eigenvalue weighted by Crippen LogP contribution is -2.59. The van der Waals surface area contributed by atoms with Crippen molar-refractivity contribution >= 4 is 45.5 Å². The van der Waals surface area contributed by atoms with Gasteiger partial charge >= 0.3 is 5.97 Å². The topological polar surface area (TPSA) is 182 Å². The van der Waals surface area contributed by atoms with Gasteiger partial charge in [-0.05, 0) is 41.5 Å². The number of carbonyl (C=O) groups excluding carboxylic acids is 3. The minimum atomic E-state index is -1.14. The normalized spacial score (nSPS) is 15.0. The molecule has 11 nitrogen and oxygen atoms in total. The van der Waals surface area contributed by atoms with Crippen molar-refractivity contribution in [3.63, 3.8) is 0 Å². The summed E-state index contributed by atoms with van der Waals surface area (Å²) in [6.45, 7) is 7.10. The summed E-state index contributed by atoms with van der Waals surface area (Å²) in [6, 6.07) is 11.2. The Kier molecular flexibility index (Phi) is 10.4. The van der Waals surface area contributed by atoms with Gasteiger partial charge in [-0.2, -0.15) is 0 Å². The van der Waals surface area contributed by atoms with E-state index in [9.17, 15) is 24.3 Å². The van der Waals surface area contributed by atoms with Gasteiger partial charge in [0.15, 0.2) is 0 Å². The molecule has 8 N–H and O–H groups in total. The quantitative estimate of drug-likeness (QED) is 0.116. The van der Waals surface area contributed by atoms with Gasteiger partial charge in [-0.3, -0.25) is 14.4 Å². The number of carboxylic acids is 1. The first-order chi connectivity index (χ1) is 21.0. The van der Waals surface area contributed by atoms with E-state index in [1.165, 1.54) is 0 Å². The molecule has 0 aliphatic heterocycles. The molecular formula is C33H42N6O5. The monoisotopic (exact) mass is 602 g/mol. The summed E-state index contributed by atoms with van der Waals surface area (Å²) >= 11 is 0. The van der Waals surface area contributed by atoms with Crippen LogP contribution in [0.15, 0.2) is 60.9 Å². The molecule has 0 saturated carbocycles. The number of para-hydroxylation sites is 2. The number of aromatic amines is 2. The van der Waals surface area contributed by atoms with Gasteiger partial charge < -0.3 is 36.8 Å². The number of nitrogens with two attached hydrogens (primary N) is 1. The van der Waals surface area contributed by atoms with Gasteiger partial charge in [-0.25, -0.2) is 4.79 Å². The van der Waals surface area contributed by atoms with Gasteiger partial charge in [0, 0.05) is 40.6 Å². The van der Waals surface area contributed by atoms with E-state index < -0.39 is 47.9 Å². The molecule has 11 heteroatoms. The number of carboxylic acid groups (broad SMARTS) is 1. The molecule has 2 heterocycles. The Morgan fingerprint density at radius 3 is 1.80 bits per heavy atom. The number of hydrogen-bond acceptors (Lipinski definition) is 5. The summed E-state index contributed by atoms with van der Waals surface area (Å²) in [5, 5.41) is 19.7. The SMILES string of the molecule is CCC(C)C(NC(=O)C(NC(=O)C(Cc1c[nH]c2ccccc12)NC(=O)C(N)Cc1c[nH]c2ccccc12)C(C)C)C(=O)O. The van der Waals surface area contributed by atoms with Gasteiger partial charge in [0.05, 0.1) is 6.04 Å². The minimum Gasteiger partial charge on any atom is -0.480 e. The molecule has 234 valence electrons. The molecular weight excluding hydrogens is 560 g/mol. The predicted octanol–water partition coefficient (Wildman–Crippen LogP) is 3.00. The van der Waals surface area contributed by atoms with E-state index in [4.69, 9.17) is 5.73 Å². The maximum absolute atomic E-state index is 13.8. The number of nitrogens with one attached hydrogen (secondary N) is 5. The lowest BCUT2D eigenvalue weighted by molar-refractivity contribution is -0.144. The van der Waals surface area contributed by atoms with E-state index in [0.29, 0.717) is 6.42 Å². The first-order valence-corrected chi connectivity index (χ1v) is 15.0. The van der Waals surface area contributed by atoms with Gasteiger partial charge in [0.25, 0.3) is 0 Å². The fourth-order valence-electron chi connectivity index (χ4n) is 5.35. The van der Waals surface area contributed by atoms with Crippen LogP contribution in [0.1, 0.15) is 45.2 Å². The number of hydrogen-bond donors (Lipinski definition) is 7. The van der Waals surface area contributed by atoms with Crippen LogP contribution in [0.5, 0.6) is 0 Å². The van der Waals surface area contributed by atoms with Crippen molar-refractivity contribution in [2.24, 2.45) is 17.6 Å². The number of fused-ring (bicyclic) bond motifs is 2. The van der Waals surface area contributed by atoms with E-state index in [2.05, 4.69) is 25.9 Å². The number of rotatable bonds is 14. The van der Waals surface area contributed by atoms with Crippen LogP contribution in [-0.2, 0) is 32.0 Å². The average molecular weight is 603 g/mol. The summed E-state index contributed by atoms with van der Waals surface area (Å²) in [6.07, 6.45) is 4.55. The third-order valence-electron chi connectivity index (χ3n) is 8.21. The maximum Gasteiger partial charge on any atom is 0.326 e. The van der Waals surface area contributed by atoms with Crippen LogP contribution in [0.25, 0.3) is 21.8 Å². The summed E-state index contributed by atoms with van der Waals surface area (Å²) in [4.78, 5) is 58.7. The van der Waals surface area contributed by atoms with Crippen LogP contribution in [0.4, 0.5) is 0 Å². The summed E-state index contributed by atoms with van der Waals surface area (Å²) in [7, 11) is 0. The van der Waals surface area contributed by atoms with E-state index >= 15 is 0 Å². The van der Waals surface area contributed by atoms with Crippen molar-refractivity contribution in [1.82, 2.24) is 25.9 Å². The highest BCUT2D eigenvalue weighted by Crippen LogP contribution is 2.21. The smallest absolute Gasteiger partial charge is 0.326 e.